The average molecular weight is 523 g/mol. The second-order valence-electron chi connectivity index (χ2n) is 10.0. The zero-order chi connectivity index (χ0) is 27.7. The number of carbonyl (C=O) groups is 4. The number of rotatable bonds is 13. The predicted octanol–water partition coefficient (Wildman–Crippen LogP) is 2.97. The highest BCUT2D eigenvalue weighted by atomic mass is 16.7. The molecule has 2 aromatic rings. The summed E-state index contributed by atoms with van der Waals surface area (Å²) in [5.41, 5.74) is 0.972. The Bertz CT molecular complexity index is 1100. The molecule has 0 aliphatic carbocycles. The molecule has 3 atom stereocenters. The molecule has 1 N–H and O–H groups in total. The summed E-state index contributed by atoms with van der Waals surface area (Å²) >= 11 is 0. The number of aromatic nitrogens is 2. The van der Waals surface area contributed by atoms with Gasteiger partial charge in [-0.15, -0.1) is 0 Å². The molecular weight excluding hydrogens is 489 g/mol. The number of Topliss-reactive ketones (excluding diaryl/α,β-unsaturated/α-hetero) is 1. The number of hydrogen-bond acceptors (Lipinski definition) is 9. The van der Waals surface area contributed by atoms with Gasteiger partial charge >= 0.3 is 19.1 Å². The lowest BCUT2D eigenvalue weighted by Gasteiger charge is -2.23. The highest BCUT2D eigenvalue weighted by Crippen LogP contribution is 2.32. The van der Waals surface area contributed by atoms with Crippen LogP contribution in [0.1, 0.15) is 63.0 Å². The van der Waals surface area contributed by atoms with Gasteiger partial charge in [-0.2, -0.15) is 0 Å². The Balaban J connectivity index is 1.74. The van der Waals surface area contributed by atoms with Crippen molar-refractivity contribution in [2.75, 3.05) is 0 Å². The molecule has 10 nitrogen and oxygen atoms in total. The zero-order valence-electron chi connectivity index (χ0n) is 22.2. The molecule has 0 spiro atoms. The molecule has 1 fully saturated rings. The fourth-order valence-corrected chi connectivity index (χ4v) is 4.28. The van der Waals surface area contributed by atoms with Crippen LogP contribution in [0.3, 0.4) is 0 Å². The van der Waals surface area contributed by atoms with Crippen molar-refractivity contribution in [3.63, 3.8) is 0 Å². The maximum Gasteiger partial charge on any atom is 0.531 e. The lowest BCUT2D eigenvalue weighted by Crippen LogP contribution is -2.44. The van der Waals surface area contributed by atoms with Crippen molar-refractivity contribution in [1.82, 2.24) is 15.3 Å². The third kappa shape index (κ3) is 8.76. The fourth-order valence-electron chi connectivity index (χ4n) is 4.28. The van der Waals surface area contributed by atoms with Crippen molar-refractivity contribution in [2.24, 2.45) is 5.92 Å². The fraction of sp³-hybridized carbons (Fsp3) is 0.481. The number of esters is 1. The molecule has 1 aliphatic heterocycles. The Labute approximate surface area is 223 Å². The monoisotopic (exact) mass is 523 g/mol. The van der Waals surface area contributed by atoms with Crippen LogP contribution in [0.4, 0.5) is 0 Å². The van der Waals surface area contributed by atoms with E-state index in [1.165, 1.54) is 18.6 Å². The normalized spacial score (nSPS) is 16.7. The molecule has 1 aromatic heterocycles. The van der Waals surface area contributed by atoms with Gasteiger partial charge in [-0.1, -0.05) is 44.2 Å². The first kappa shape index (κ1) is 29.0. The Kier molecular flexibility index (Phi) is 10.5. The Morgan fingerprint density at radius 3 is 2.47 bits per heavy atom. The molecule has 0 saturated carbocycles. The Morgan fingerprint density at radius 2 is 1.84 bits per heavy atom. The SMILES string of the molecule is CC(C)C[C@H](CC(=O)[C@H](Cc1ccccc1)NC(=O)c1cnccn1)B1OC(=O)[C@@H](CC(=O)OC(C)C)O1. The largest absolute Gasteiger partial charge is 0.531 e. The molecule has 0 bridgehead atoms. The highest BCUT2D eigenvalue weighted by Gasteiger charge is 2.47. The van der Waals surface area contributed by atoms with E-state index in [0.717, 1.165) is 5.56 Å². The third-order valence-electron chi connectivity index (χ3n) is 5.91. The predicted molar refractivity (Wildman–Crippen MR) is 139 cm³/mol. The van der Waals surface area contributed by atoms with Gasteiger partial charge in [0.2, 0.25) is 0 Å². The van der Waals surface area contributed by atoms with Crippen molar-refractivity contribution >= 4 is 30.7 Å². The minimum absolute atomic E-state index is 0.00244. The third-order valence-corrected chi connectivity index (χ3v) is 5.91. The maximum absolute atomic E-state index is 13.6. The minimum atomic E-state index is -1.09. The van der Waals surface area contributed by atoms with Gasteiger partial charge in [-0.05, 0) is 38.2 Å². The summed E-state index contributed by atoms with van der Waals surface area (Å²) in [5.74, 6) is -2.27. The van der Waals surface area contributed by atoms with Crippen LogP contribution in [-0.2, 0) is 34.9 Å². The summed E-state index contributed by atoms with van der Waals surface area (Å²) in [5, 5.41) is 2.79. The van der Waals surface area contributed by atoms with Gasteiger partial charge in [0.25, 0.3) is 5.91 Å². The second-order valence-corrected chi connectivity index (χ2v) is 10.0. The van der Waals surface area contributed by atoms with Crippen LogP contribution in [0.15, 0.2) is 48.9 Å². The molecule has 1 saturated heterocycles. The first-order valence-corrected chi connectivity index (χ1v) is 12.8. The molecule has 1 aromatic carbocycles. The van der Waals surface area contributed by atoms with Gasteiger partial charge in [0, 0.05) is 24.6 Å². The first-order valence-electron chi connectivity index (χ1n) is 12.8. The van der Waals surface area contributed by atoms with Crippen molar-refractivity contribution in [2.45, 2.75) is 77.4 Å². The van der Waals surface area contributed by atoms with Gasteiger partial charge in [0.05, 0.1) is 24.8 Å². The van der Waals surface area contributed by atoms with Crippen LogP contribution < -0.4 is 5.32 Å². The molecule has 202 valence electrons. The van der Waals surface area contributed by atoms with Crippen molar-refractivity contribution < 1.29 is 33.2 Å². The smallest absolute Gasteiger partial charge is 0.507 e. The topological polar surface area (TPSA) is 134 Å². The van der Waals surface area contributed by atoms with Crippen LogP contribution >= 0.6 is 0 Å². The van der Waals surface area contributed by atoms with Gasteiger partial charge in [-0.25, -0.2) is 4.98 Å². The quantitative estimate of drug-likeness (QED) is 0.311. The first-order chi connectivity index (χ1) is 18.1. The lowest BCUT2D eigenvalue weighted by atomic mass is 9.65. The molecule has 1 amide bonds. The van der Waals surface area contributed by atoms with Crippen LogP contribution in [0.2, 0.25) is 5.82 Å². The van der Waals surface area contributed by atoms with Crippen LogP contribution in [0.5, 0.6) is 0 Å². The van der Waals surface area contributed by atoms with Crippen LogP contribution in [-0.4, -0.2) is 59.0 Å². The standard InChI is InChI=1S/C27H34BN3O7/c1-17(2)12-20(28-37-24(27(35)38-28)15-25(33)36-18(3)4)14-23(32)21(13-19-8-6-5-7-9-19)31-26(34)22-16-29-10-11-30-22/h5-11,16-18,20-21,24H,12-15H2,1-4H3,(H,31,34)/t20-,21+,24-/m1/s1. The number of ether oxygens (including phenoxy) is 1. The summed E-state index contributed by atoms with van der Waals surface area (Å²) in [6.45, 7) is 7.41. The molecule has 2 heterocycles. The van der Waals surface area contributed by atoms with Gasteiger partial charge in [0.1, 0.15) is 5.69 Å². The molecular formula is C27H34BN3O7. The summed E-state index contributed by atoms with van der Waals surface area (Å²) in [6.07, 6.45) is 3.32. The van der Waals surface area contributed by atoms with E-state index >= 15 is 0 Å². The lowest BCUT2D eigenvalue weighted by molar-refractivity contribution is -0.152. The van der Waals surface area contributed by atoms with E-state index in [2.05, 4.69) is 15.3 Å². The zero-order valence-corrected chi connectivity index (χ0v) is 22.2. The number of nitrogens with zero attached hydrogens (tertiary/aromatic N) is 2. The Hall–Kier alpha value is -3.60. The van der Waals surface area contributed by atoms with E-state index in [4.69, 9.17) is 14.0 Å². The van der Waals surface area contributed by atoms with Gasteiger partial charge in [0.15, 0.2) is 11.9 Å². The van der Waals surface area contributed by atoms with E-state index < -0.39 is 42.9 Å². The number of amides is 1. The van der Waals surface area contributed by atoms with Gasteiger partial charge in [-0.3, -0.25) is 24.2 Å². The average Bonchev–Trinajstić information content (AvgIpc) is 3.23. The van der Waals surface area contributed by atoms with E-state index in [0.29, 0.717) is 6.42 Å². The van der Waals surface area contributed by atoms with Crippen LogP contribution in [0.25, 0.3) is 0 Å². The van der Waals surface area contributed by atoms with Crippen molar-refractivity contribution in [3.05, 3.63) is 60.2 Å². The number of ketones is 1. The molecule has 0 unspecified atom stereocenters. The van der Waals surface area contributed by atoms with Crippen molar-refractivity contribution in [1.29, 1.82) is 0 Å². The Morgan fingerprint density at radius 1 is 1.11 bits per heavy atom. The summed E-state index contributed by atoms with van der Waals surface area (Å²) in [6, 6.07) is 8.50. The minimum Gasteiger partial charge on any atom is -0.507 e. The maximum atomic E-state index is 13.6. The number of carbonyl (C=O) groups excluding carboxylic acids is 4. The van der Waals surface area contributed by atoms with E-state index in [9.17, 15) is 19.2 Å². The molecule has 11 heteroatoms. The van der Waals surface area contributed by atoms with Gasteiger partial charge < -0.3 is 19.4 Å². The molecule has 0 radical (unpaired) electrons. The summed E-state index contributed by atoms with van der Waals surface area (Å²) in [4.78, 5) is 58.9. The molecule has 38 heavy (non-hydrogen) atoms. The van der Waals surface area contributed by atoms with E-state index in [1.54, 1.807) is 13.8 Å². The number of nitrogens with one attached hydrogen (secondary N) is 1. The van der Waals surface area contributed by atoms with E-state index in [-0.39, 0.29) is 42.8 Å². The highest BCUT2D eigenvalue weighted by molar-refractivity contribution is 6.51. The second kappa shape index (κ2) is 13.8. The van der Waals surface area contributed by atoms with Crippen molar-refractivity contribution in [3.8, 4) is 0 Å². The summed E-state index contributed by atoms with van der Waals surface area (Å²) < 4.78 is 16.4. The molecule has 3 rings (SSSR count). The summed E-state index contributed by atoms with van der Waals surface area (Å²) in [7, 11) is -0.987. The number of hydrogen-bond donors (Lipinski definition) is 1. The van der Waals surface area contributed by atoms with E-state index in [1.807, 2.05) is 44.2 Å². The molecule has 1 aliphatic rings. The number of benzene rings is 1. The van der Waals surface area contributed by atoms with Crippen LogP contribution in [0, 0.1) is 5.92 Å².